The second-order valence-corrected chi connectivity index (χ2v) is 4.24. The molecule has 0 saturated heterocycles. The highest BCUT2D eigenvalue weighted by atomic mass is 32.1. The summed E-state index contributed by atoms with van der Waals surface area (Å²) in [5.74, 6) is -0.319. The average Bonchev–Trinajstić information content (AvgIpc) is 2.43. The summed E-state index contributed by atoms with van der Waals surface area (Å²) >= 11 is 1.75. The van der Waals surface area contributed by atoms with Crippen LogP contribution >= 0.6 is 11.3 Å². The van der Waals surface area contributed by atoms with E-state index < -0.39 is 5.97 Å². The van der Waals surface area contributed by atoms with Gasteiger partial charge in [-0.2, -0.15) is 0 Å². The standard InChI is InChI=1S/C9H10O2S/c10-9(11)5-6-3-7-1-2-12-8(7)4-6/h1-2,6H,3-5H2,(H,10,11). The maximum Gasteiger partial charge on any atom is 0.303 e. The fourth-order valence-electron chi connectivity index (χ4n) is 1.76. The molecule has 1 heterocycles. The molecule has 1 N–H and O–H groups in total. The summed E-state index contributed by atoms with van der Waals surface area (Å²) in [5, 5.41) is 10.7. The van der Waals surface area contributed by atoms with E-state index in [1.165, 1.54) is 10.4 Å². The maximum atomic E-state index is 10.4. The van der Waals surface area contributed by atoms with Gasteiger partial charge in [0, 0.05) is 11.3 Å². The Morgan fingerprint density at radius 2 is 2.50 bits per heavy atom. The third kappa shape index (κ3) is 1.37. The van der Waals surface area contributed by atoms with Crippen LogP contribution in [0.5, 0.6) is 0 Å². The number of hydrogen-bond acceptors (Lipinski definition) is 2. The Kier molecular flexibility index (Phi) is 1.89. The van der Waals surface area contributed by atoms with Crippen LogP contribution in [0.2, 0.25) is 0 Å². The lowest BCUT2D eigenvalue weighted by atomic mass is 10.0. The van der Waals surface area contributed by atoms with Gasteiger partial charge in [-0.15, -0.1) is 11.3 Å². The zero-order chi connectivity index (χ0) is 8.55. The van der Waals surface area contributed by atoms with E-state index in [0.717, 1.165) is 12.8 Å². The van der Waals surface area contributed by atoms with Crippen molar-refractivity contribution in [1.29, 1.82) is 0 Å². The molecule has 0 spiro atoms. The lowest BCUT2D eigenvalue weighted by Crippen LogP contribution is -2.07. The van der Waals surface area contributed by atoms with Crippen molar-refractivity contribution >= 4 is 17.3 Å². The Morgan fingerprint density at radius 3 is 3.17 bits per heavy atom. The first-order chi connectivity index (χ1) is 5.75. The molecule has 2 nitrogen and oxygen atoms in total. The lowest BCUT2D eigenvalue weighted by Gasteiger charge is -2.03. The zero-order valence-electron chi connectivity index (χ0n) is 6.62. The van der Waals surface area contributed by atoms with Crippen LogP contribution in [0.25, 0.3) is 0 Å². The normalized spacial score (nSPS) is 20.8. The molecule has 1 aromatic rings. The summed E-state index contributed by atoms with van der Waals surface area (Å²) in [7, 11) is 0. The third-order valence-corrected chi connectivity index (χ3v) is 3.27. The fourth-order valence-corrected chi connectivity index (χ4v) is 2.80. The molecule has 0 aliphatic heterocycles. The molecule has 2 rings (SSSR count). The van der Waals surface area contributed by atoms with E-state index in [-0.39, 0.29) is 0 Å². The first-order valence-corrected chi connectivity index (χ1v) is 4.90. The predicted octanol–water partition coefficient (Wildman–Crippen LogP) is 1.94. The van der Waals surface area contributed by atoms with Crippen molar-refractivity contribution < 1.29 is 9.90 Å². The Bertz CT molecular complexity index is 283. The minimum absolute atomic E-state index is 0.321. The minimum atomic E-state index is -0.671. The number of carbonyl (C=O) groups is 1. The van der Waals surface area contributed by atoms with Gasteiger partial charge in [-0.1, -0.05) is 0 Å². The van der Waals surface area contributed by atoms with Crippen molar-refractivity contribution in [3.8, 4) is 0 Å². The third-order valence-electron chi connectivity index (χ3n) is 2.28. The summed E-state index contributed by atoms with van der Waals surface area (Å²) in [6.45, 7) is 0. The van der Waals surface area contributed by atoms with Crippen molar-refractivity contribution in [2.24, 2.45) is 5.92 Å². The highest BCUT2D eigenvalue weighted by molar-refractivity contribution is 7.10. The van der Waals surface area contributed by atoms with Crippen LogP contribution < -0.4 is 0 Å². The van der Waals surface area contributed by atoms with Crippen LogP contribution in [-0.2, 0) is 17.6 Å². The molecule has 1 aromatic heterocycles. The SMILES string of the molecule is O=C(O)CC1Cc2ccsc2C1. The van der Waals surface area contributed by atoms with Crippen molar-refractivity contribution in [1.82, 2.24) is 0 Å². The summed E-state index contributed by atoms with van der Waals surface area (Å²) < 4.78 is 0. The molecule has 64 valence electrons. The van der Waals surface area contributed by atoms with Crippen molar-refractivity contribution in [2.45, 2.75) is 19.3 Å². The number of fused-ring (bicyclic) bond motifs is 1. The van der Waals surface area contributed by atoms with E-state index in [1.54, 1.807) is 11.3 Å². The van der Waals surface area contributed by atoms with Gasteiger partial charge in [-0.05, 0) is 35.8 Å². The number of thiophene rings is 1. The van der Waals surface area contributed by atoms with Crippen LogP contribution in [0.3, 0.4) is 0 Å². The molecular formula is C9H10O2S. The Hall–Kier alpha value is -0.830. The van der Waals surface area contributed by atoms with Crippen LogP contribution in [0.1, 0.15) is 16.9 Å². The first kappa shape index (κ1) is 7.80. The van der Waals surface area contributed by atoms with E-state index in [9.17, 15) is 4.79 Å². The summed E-state index contributed by atoms with van der Waals surface area (Å²) in [4.78, 5) is 11.8. The number of carboxylic acid groups (broad SMARTS) is 1. The molecule has 0 radical (unpaired) electrons. The first-order valence-electron chi connectivity index (χ1n) is 4.02. The van der Waals surface area contributed by atoms with Gasteiger partial charge < -0.3 is 5.11 Å². The van der Waals surface area contributed by atoms with Gasteiger partial charge in [-0.25, -0.2) is 0 Å². The Balaban J connectivity index is 2.03. The largest absolute Gasteiger partial charge is 0.481 e. The second kappa shape index (κ2) is 2.90. The number of aliphatic carboxylic acids is 1. The zero-order valence-corrected chi connectivity index (χ0v) is 7.43. The molecule has 0 saturated carbocycles. The van der Waals surface area contributed by atoms with Gasteiger partial charge in [0.1, 0.15) is 0 Å². The lowest BCUT2D eigenvalue weighted by molar-refractivity contribution is -0.138. The van der Waals surface area contributed by atoms with Gasteiger partial charge >= 0.3 is 5.97 Å². The quantitative estimate of drug-likeness (QED) is 0.759. The van der Waals surface area contributed by atoms with Gasteiger partial charge in [0.25, 0.3) is 0 Å². The highest BCUT2D eigenvalue weighted by Gasteiger charge is 2.23. The molecule has 1 aliphatic carbocycles. The van der Waals surface area contributed by atoms with Gasteiger partial charge in [0.2, 0.25) is 0 Å². The van der Waals surface area contributed by atoms with Crippen LogP contribution in [-0.4, -0.2) is 11.1 Å². The van der Waals surface area contributed by atoms with E-state index in [4.69, 9.17) is 5.11 Å². The van der Waals surface area contributed by atoms with Crippen LogP contribution in [0.15, 0.2) is 11.4 Å². The molecule has 12 heavy (non-hydrogen) atoms. The van der Waals surface area contributed by atoms with Crippen LogP contribution in [0, 0.1) is 5.92 Å². The van der Waals surface area contributed by atoms with Crippen molar-refractivity contribution in [3.05, 3.63) is 21.9 Å². The van der Waals surface area contributed by atoms with Crippen LogP contribution in [0.4, 0.5) is 0 Å². The highest BCUT2D eigenvalue weighted by Crippen LogP contribution is 2.32. The number of carboxylic acids is 1. The summed E-state index contributed by atoms with van der Waals surface area (Å²) in [6.07, 6.45) is 2.26. The molecule has 0 bridgehead atoms. The van der Waals surface area contributed by atoms with E-state index in [0.29, 0.717) is 12.3 Å². The smallest absolute Gasteiger partial charge is 0.303 e. The molecule has 0 fully saturated rings. The van der Waals surface area contributed by atoms with Gasteiger partial charge in [-0.3, -0.25) is 4.79 Å². The molecule has 3 heteroatoms. The van der Waals surface area contributed by atoms with Crippen molar-refractivity contribution in [2.75, 3.05) is 0 Å². The van der Waals surface area contributed by atoms with Crippen molar-refractivity contribution in [3.63, 3.8) is 0 Å². The molecule has 1 aliphatic rings. The monoisotopic (exact) mass is 182 g/mol. The molecule has 0 amide bonds. The fraction of sp³-hybridized carbons (Fsp3) is 0.444. The molecule has 0 aromatic carbocycles. The molecule has 1 unspecified atom stereocenters. The molecule has 1 atom stereocenters. The average molecular weight is 182 g/mol. The topological polar surface area (TPSA) is 37.3 Å². The molecular weight excluding hydrogens is 172 g/mol. The summed E-state index contributed by atoms with van der Waals surface area (Å²) in [5.41, 5.74) is 1.37. The Morgan fingerprint density at radius 1 is 1.67 bits per heavy atom. The van der Waals surface area contributed by atoms with Gasteiger partial charge in [0.05, 0.1) is 0 Å². The van der Waals surface area contributed by atoms with E-state index in [1.807, 2.05) is 0 Å². The predicted molar refractivity (Wildman–Crippen MR) is 47.5 cm³/mol. The number of rotatable bonds is 2. The number of hydrogen-bond donors (Lipinski definition) is 1. The van der Waals surface area contributed by atoms with Gasteiger partial charge in [0.15, 0.2) is 0 Å². The second-order valence-electron chi connectivity index (χ2n) is 3.24. The summed E-state index contributed by atoms with van der Waals surface area (Å²) in [6, 6.07) is 2.11. The van der Waals surface area contributed by atoms with E-state index in [2.05, 4.69) is 11.4 Å². The Labute approximate surface area is 74.8 Å². The maximum absolute atomic E-state index is 10.4. The minimum Gasteiger partial charge on any atom is -0.481 e. The van der Waals surface area contributed by atoms with E-state index >= 15 is 0 Å².